The third kappa shape index (κ3) is 6.15. The number of pyridine rings is 1. The first-order chi connectivity index (χ1) is 17.2. The van der Waals surface area contributed by atoms with Gasteiger partial charge in [0.05, 0.1) is 30.3 Å². The number of halogens is 3. The molecule has 6 nitrogen and oxygen atoms in total. The van der Waals surface area contributed by atoms with Crippen molar-refractivity contribution in [2.24, 2.45) is 0 Å². The quantitative estimate of drug-likeness (QED) is 0.404. The van der Waals surface area contributed by atoms with E-state index < -0.39 is 17.6 Å². The minimum absolute atomic E-state index is 0.101. The lowest BCUT2D eigenvalue weighted by Gasteiger charge is -2.20. The summed E-state index contributed by atoms with van der Waals surface area (Å²) in [5, 5.41) is 2.59. The summed E-state index contributed by atoms with van der Waals surface area (Å²) < 4.78 is 49.7. The van der Waals surface area contributed by atoms with Crippen LogP contribution in [0.1, 0.15) is 39.4 Å². The van der Waals surface area contributed by atoms with Crippen LogP contribution in [0, 0.1) is 6.92 Å². The number of rotatable bonds is 8. The Kier molecular flexibility index (Phi) is 7.79. The van der Waals surface area contributed by atoms with Crippen LogP contribution < -0.4 is 15.0 Å². The average molecular weight is 500 g/mol. The molecule has 0 unspecified atom stereocenters. The third-order valence-corrected chi connectivity index (χ3v) is 6.24. The largest absolute Gasteiger partial charge is 0.489 e. The second-order valence-electron chi connectivity index (χ2n) is 8.76. The Morgan fingerprint density at radius 1 is 1.14 bits per heavy atom. The highest BCUT2D eigenvalue weighted by atomic mass is 19.4. The number of nitrogens with one attached hydrogen (secondary N) is 1. The molecule has 0 saturated carbocycles. The van der Waals surface area contributed by atoms with Gasteiger partial charge in [-0.05, 0) is 54.8 Å². The fourth-order valence-electron chi connectivity index (χ4n) is 4.35. The zero-order valence-corrected chi connectivity index (χ0v) is 20.1. The number of aromatic nitrogens is 1. The maximum Gasteiger partial charge on any atom is 0.416 e. The molecule has 2 heterocycles. The summed E-state index contributed by atoms with van der Waals surface area (Å²) in [6.07, 6.45) is -0.105. The molecule has 1 aliphatic rings. The monoisotopic (exact) mass is 499 g/mol. The summed E-state index contributed by atoms with van der Waals surface area (Å²) >= 11 is 0. The maximum absolute atomic E-state index is 13.0. The highest BCUT2D eigenvalue weighted by Crippen LogP contribution is 2.34. The minimum atomic E-state index is -4.48. The van der Waals surface area contributed by atoms with Crippen molar-refractivity contribution in [2.45, 2.75) is 25.4 Å². The van der Waals surface area contributed by atoms with Crippen LogP contribution in [0.25, 0.3) is 0 Å². The van der Waals surface area contributed by atoms with Crippen molar-refractivity contribution in [1.29, 1.82) is 0 Å². The number of hydrogen-bond donors (Lipinski definition) is 1. The Labute approximate surface area is 208 Å². The van der Waals surface area contributed by atoms with E-state index in [9.17, 15) is 18.0 Å². The van der Waals surface area contributed by atoms with Gasteiger partial charge in [-0.15, -0.1) is 0 Å². The summed E-state index contributed by atoms with van der Waals surface area (Å²) in [5.41, 5.74) is 2.77. The summed E-state index contributed by atoms with van der Waals surface area (Å²) in [5.74, 6) is 0.428. The molecule has 1 atom stereocenters. The summed E-state index contributed by atoms with van der Waals surface area (Å²) in [6.45, 7) is 4.51. The summed E-state index contributed by atoms with van der Waals surface area (Å²) in [4.78, 5) is 19.4. The number of benzene rings is 2. The molecule has 1 aliphatic heterocycles. The van der Waals surface area contributed by atoms with Gasteiger partial charge in [0.1, 0.15) is 12.4 Å². The third-order valence-electron chi connectivity index (χ3n) is 6.24. The highest BCUT2D eigenvalue weighted by Gasteiger charge is 2.30. The van der Waals surface area contributed by atoms with E-state index in [1.807, 2.05) is 25.1 Å². The Morgan fingerprint density at radius 3 is 2.75 bits per heavy atom. The second kappa shape index (κ2) is 11.0. The van der Waals surface area contributed by atoms with Crippen molar-refractivity contribution in [3.8, 4) is 5.75 Å². The molecule has 1 fully saturated rings. The highest BCUT2D eigenvalue weighted by molar-refractivity contribution is 6.04. The van der Waals surface area contributed by atoms with E-state index in [4.69, 9.17) is 9.47 Å². The van der Waals surface area contributed by atoms with Crippen LogP contribution in [0.4, 0.5) is 24.5 Å². The topological polar surface area (TPSA) is 63.7 Å². The molecule has 36 heavy (non-hydrogen) atoms. The first-order valence-electron chi connectivity index (χ1n) is 11.7. The molecule has 0 bridgehead atoms. The molecule has 1 saturated heterocycles. The van der Waals surface area contributed by atoms with E-state index in [0.29, 0.717) is 24.5 Å². The smallest absolute Gasteiger partial charge is 0.416 e. The van der Waals surface area contributed by atoms with Crippen molar-refractivity contribution in [2.75, 3.05) is 43.6 Å². The molecule has 0 aliphatic carbocycles. The van der Waals surface area contributed by atoms with Gasteiger partial charge in [-0.3, -0.25) is 9.78 Å². The number of ether oxygens (including phenoxy) is 2. The second-order valence-corrected chi connectivity index (χ2v) is 8.76. The van der Waals surface area contributed by atoms with Gasteiger partial charge in [0, 0.05) is 43.4 Å². The maximum atomic E-state index is 13.0. The predicted molar refractivity (Wildman–Crippen MR) is 132 cm³/mol. The van der Waals surface area contributed by atoms with E-state index in [-0.39, 0.29) is 11.6 Å². The van der Waals surface area contributed by atoms with Crippen LogP contribution in [0.5, 0.6) is 5.75 Å². The van der Waals surface area contributed by atoms with Gasteiger partial charge < -0.3 is 19.7 Å². The van der Waals surface area contributed by atoms with Gasteiger partial charge >= 0.3 is 6.18 Å². The van der Waals surface area contributed by atoms with E-state index in [0.717, 1.165) is 48.5 Å². The first-order valence-corrected chi connectivity index (χ1v) is 11.7. The minimum Gasteiger partial charge on any atom is -0.489 e. The van der Waals surface area contributed by atoms with E-state index in [2.05, 4.69) is 15.2 Å². The lowest BCUT2D eigenvalue weighted by atomic mass is 9.92. The van der Waals surface area contributed by atoms with Gasteiger partial charge in [0.15, 0.2) is 0 Å². The Bertz CT molecular complexity index is 1220. The van der Waals surface area contributed by atoms with Crippen LogP contribution >= 0.6 is 0 Å². The number of anilines is 2. The van der Waals surface area contributed by atoms with Crippen molar-refractivity contribution in [3.63, 3.8) is 0 Å². The predicted octanol–water partition coefficient (Wildman–Crippen LogP) is 5.68. The molecular weight excluding hydrogens is 471 g/mol. The van der Waals surface area contributed by atoms with Gasteiger partial charge in [0.25, 0.3) is 5.91 Å². The SMILES string of the molecule is COCCOc1cncc(N2CC[C@@H](c3cc(C(=O)Nc4cccc(C(F)(F)F)c4)ccc3C)C2)c1. The van der Waals surface area contributed by atoms with E-state index in [1.54, 1.807) is 25.6 Å². The van der Waals surface area contributed by atoms with E-state index in [1.165, 1.54) is 12.1 Å². The van der Waals surface area contributed by atoms with Crippen LogP contribution in [0.2, 0.25) is 0 Å². The van der Waals surface area contributed by atoms with Crippen molar-refractivity contribution in [3.05, 3.63) is 83.2 Å². The molecule has 9 heteroatoms. The lowest BCUT2D eigenvalue weighted by molar-refractivity contribution is -0.137. The van der Waals surface area contributed by atoms with Crippen molar-refractivity contribution < 1.29 is 27.4 Å². The zero-order valence-electron chi connectivity index (χ0n) is 20.1. The molecule has 1 amide bonds. The Hall–Kier alpha value is -3.59. The number of amides is 1. The van der Waals surface area contributed by atoms with Gasteiger partial charge in [-0.2, -0.15) is 13.2 Å². The fourth-order valence-corrected chi connectivity index (χ4v) is 4.35. The molecular formula is C27H28F3N3O3. The molecule has 0 spiro atoms. The lowest BCUT2D eigenvalue weighted by Crippen LogP contribution is -2.20. The zero-order chi connectivity index (χ0) is 25.7. The Morgan fingerprint density at radius 2 is 1.97 bits per heavy atom. The van der Waals surface area contributed by atoms with Crippen LogP contribution in [0.3, 0.4) is 0 Å². The number of hydrogen-bond acceptors (Lipinski definition) is 5. The Balaban J connectivity index is 1.46. The van der Waals surface area contributed by atoms with Gasteiger partial charge in [0.2, 0.25) is 0 Å². The van der Waals surface area contributed by atoms with Crippen LogP contribution in [-0.4, -0.2) is 44.3 Å². The molecule has 1 aromatic heterocycles. The molecule has 1 N–H and O–H groups in total. The number of aryl methyl sites for hydroxylation is 1. The fraction of sp³-hybridized carbons (Fsp3) is 0.333. The number of nitrogens with zero attached hydrogens (tertiary/aromatic N) is 2. The molecule has 190 valence electrons. The van der Waals surface area contributed by atoms with Crippen LogP contribution in [-0.2, 0) is 10.9 Å². The molecule has 4 rings (SSSR count). The standard InChI is InChI=1S/C27H28F3N3O3/c1-18-6-7-19(26(34)32-22-5-3-4-21(13-22)27(28,29)30)12-25(18)20-8-9-33(17-20)23-14-24(16-31-15-23)36-11-10-35-2/h3-7,12-16,20H,8-11,17H2,1-2H3,(H,32,34)/t20-/m1/s1. The molecule has 3 aromatic rings. The molecule has 2 aromatic carbocycles. The molecule has 0 radical (unpaired) electrons. The number of methoxy groups -OCH3 is 1. The van der Waals surface area contributed by atoms with Crippen LogP contribution in [0.15, 0.2) is 60.9 Å². The number of alkyl halides is 3. The van der Waals surface area contributed by atoms with Gasteiger partial charge in [-0.25, -0.2) is 0 Å². The van der Waals surface area contributed by atoms with Crippen molar-refractivity contribution >= 4 is 17.3 Å². The summed E-state index contributed by atoms with van der Waals surface area (Å²) in [7, 11) is 1.62. The number of carbonyl (C=O) groups is 1. The summed E-state index contributed by atoms with van der Waals surface area (Å²) in [6, 6.07) is 12.0. The van der Waals surface area contributed by atoms with E-state index >= 15 is 0 Å². The average Bonchev–Trinajstić information content (AvgIpc) is 3.34. The van der Waals surface area contributed by atoms with Crippen molar-refractivity contribution in [1.82, 2.24) is 4.98 Å². The normalized spacial score (nSPS) is 15.7. The number of carbonyl (C=O) groups excluding carboxylic acids is 1. The first kappa shape index (κ1) is 25.5. The van der Waals surface area contributed by atoms with Gasteiger partial charge in [-0.1, -0.05) is 12.1 Å².